The first-order valence-electron chi connectivity index (χ1n) is 13.4. The standard InChI is InChI=1S/C27H53NO2/c1-4-6-8-10-12-13-15-17-19-25(3)20-22-30-27-24-28-23-26(27)29-21-18-16-14-11-9-7-5-2/h8,10,25-28H,4-7,9,11-24H2,1-3H3/b10-8-/t25-,26?,27-/m1/s1. The number of unbranched alkanes of at least 4 members (excludes halogenated alkanes) is 10. The van der Waals surface area contributed by atoms with Crippen molar-refractivity contribution in [2.75, 3.05) is 26.3 Å². The van der Waals surface area contributed by atoms with Gasteiger partial charge in [0.25, 0.3) is 0 Å². The second kappa shape index (κ2) is 20.5. The highest BCUT2D eigenvalue weighted by Crippen LogP contribution is 2.17. The van der Waals surface area contributed by atoms with Gasteiger partial charge in [0.2, 0.25) is 0 Å². The van der Waals surface area contributed by atoms with Crippen LogP contribution in [0.2, 0.25) is 0 Å². The van der Waals surface area contributed by atoms with E-state index >= 15 is 0 Å². The number of hydrogen-bond donors (Lipinski definition) is 1. The number of rotatable bonds is 21. The predicted octanol–water partition coefficient (Wildman–Crippen LogP) is 7.44. The highest BCUT2D eigenvalue weighted by molar-refractivity contribution is 4.83. The first kappa shape index (κ1) is 27.7. The summed E-state index contributed by atoms with van der Waals surface area (Å²) in [4.78, 5) is 0. The summed E-state index contributed by atoms with van der Waals surface area (Å²) in [6, 6.07) is 0. The lowest BCUT2D eigenvalue weighted by Gasteiger charge is -2.21. The van der Waals surface area contributed by atoms with E-state index in [2.05, 4.69) is 38.2 Å². The summed E-state index contributed by atoms with van der Waals surface area (Å²) in [6.45, 7) is 10.6. The fourth-order valence-electron chi connectivity index (χ4n) is 4.16. The zero-order chi connectivity index (χ0) is 21.7. The minimum absolute atomic E-state index is 0.247. The number of ether oxygens (including phenoxy) is 2. The fourth-order valence-corrected chi connectivity index (χ4v) is 4.16. The summed E-state index contributed by atoms with van der Waals surface area (Å²) in [7, 11) is 0. The van der Waals surface area contributed by atoms with Crippen molar-refractivity contribution in [3.8, 4) is 0 Å². The minimum Gasteiger partial charge on any atom is -0.374 e. The van der Waals surface area contributed by atoms with Gasteiger partial charge in [0.05, 0.1) is 12.2 Å². The van der Waals surface area contributed by atoms with Gasteiger partial charge in [0.15, 0.2) is 0 Å². The van der Waals surface area contributed by atoms with Gasteiger partial charge in [0, 0.05) is 26.3 Å². The Morgan fingerprint density at radius 2 is 1.33 bits per heavy atom. The lowest BCUT2D eigenvalue weighted by Crippen LogP contribution is -2.31. The number of allylic oxidation sites excluding steroid dienone is 2. The van der Waals surface area contributed by atoms with Crippen LogP contribution in [0.25, 0.3) is 0 Å². The molecule has 1 aliphatic rings. The smallest absolute Gasteiger partial charge is 0.0973 e. The Hall–Kier alpha value is -0.380. The molecule has 30 heavy (non-hydrogen) atoms. The molecule has 1 unspecified atom stereocenters. The molecule has 0 saturated carbocycles. The van der Waals surface area contributed by atoms with Crippen molar-refractivity contribution in [3.63, 3.8) is 0 Å². The fraction of sp³-hybridized carbons (Fsp3) is 0.926. The first-order chi connectivity index (χ1) is 14.8. The third-order valence-corrected chi connectivity index (χ3v) is 6.32. The van der Waals surface area contributed by atoms with Crippen LogP contribution < -0.4 is 5.32 Å². The average molecular weight is 424 g/mol. The lowest BCUT2D eigenvalue weighted by atomic mass is 10.00. The first-order valence-corrected chi connectivity index (χ1v) is 13.4. The molecule has 1 rings (SSSR count). The van der Waals surface area contributed by atoms with Crippen LogP contribution in [0.1, 0.15) is 117 Å². The minimum atomic E-state index is 0.247. The zero-order valence-corrected chi connectivity index (χ0v) is 20.6. The molecule has 0 aliphatic carbocycles. The third-order valence-electron chi connectivity index (χ3n) is 6.32. The topological polar surface area (TPSA) is 30.5 Å². The number of hydrogen-bond acceptors (Lipinski definition) is 3. The molecular formula is C27H53NO2. The summed E-state index contributed by atoms with van der Waals surface area (Å²) in [5, 5.41) is 3.45. The highest BCUT2D eigenvalue weighted by atomic mass is 16.5. The Morgan fingerprint density at radius 1 is 0.700 bits per heavy atom. The maximum Gasteiger partial charge on any atom is 0.0973 e. The van der Waals surface area contributed by atoms with E-state index < -0.39 is 0 Å². The van der Waals surface area contributed by atoms with Gasteiger partial charge in [-0.1, -0.05) is 97.1 Å². The van der Waals surface area contributed by atoms with Gasteiger partial charge >= 0.3 is 0 Å². The molecule has 1 aliphatic heterocycles. The monoisotopic (exact) mass is 423 g/mol. The van der Waals surface area contributed by atoms with Crippen LogP contribution in [0.15, 0.2) is 12.2 Å². The van der Waals surface area contributed by atoms with Gasteiger partial charge < -0.3 is 14.8 Å². The summed E-state index contributed by atoms with van der Waals surface area (Å²) in [6.07, 6.45) is 24.9. The molecule has 1 fully saturated rings. The van der Waals surface area contributed by atoms with E-state index in [4.69, 9.17) is 9.47 Å². The van der Waals surface area contributed by atoms with Gasteiger partial charge in [-0.3, -0.25) is 0 Å². The van der Waals surface area contributed by atoms with Crippen molar-refractivity contribution in [1.82, 2.24) is 5.32 Å². The van der Waals surface area contributed by atoms with Crippen LogP contribution in [0.4, 0.5) is 0 Å². The molecule has 0 radical (unpaired) electrons. The molecule has 1 saturated heterocycles. The molecule has 3 nitrogen and oxygen atoms in total. The van der Waals surface area contributed by atoms with E-state index in [1.165, 1.54) is 96.3 Å². The van der Waals surface area contributed by atoms with Crippen LogP contribution in [0.5, 0.6) is 0 Å². The summed E-state index contributed by atoms with van der Waals surface area (Å²) >= 11 is 0. The van der Waals surface area contributed by atoms with E-state index in [1.54, 1.807) is 0 Å². The summed E-state index contributed by atoms with van der Waals surface area (Å²) < 4.78 is 12.3. The molecule has 0 aromatic rings. The normalized spacial score (nSPS) is 20.4. The van der Waals surface area contributed by atoms with Crippen LogP contribution in [-0.4, -0.2) is 38.5 Å². The van der Waals surface area contributed by atoms with Gasteiger partial charge in [-0.2, -0.15) is 0 Å². The molecule has 1 heterocycles. The van der Waals surface area contributed by atoms with Crippen molar-refractivity contribution >= 4 is 0 Å². The molecule has 0 bridgehead atoms. The van der Waals surface area contributed by atoms with Crippen molar-refractivity contribution in [2.24, 2.45) is 5.92 Å². The van der Waals surface area contributed by atoms with Gasteiger partial charge in [-0.15, -0.1) is 0 Å². The maximum absolute atomic E-state index is 6.19. The van der Waals surface area contributed by atoms with Crippen molar-refractivity contribution in [3.05, 3.63) is 12.2 Å². The van der Waals surface area contributed by atoms with E-state index in [0.717, 1.165) is 32.2 Å². The highest BCUT2D eigenvalue weighted by Gasteiger charge is 2.28. The van der Waals surface area contributed by atoms with Crippen molar-refractivity contribution in [2.45, 2.75) is 129 Å². The molecule has 3 atom stereocenters. The quantitative estimate of drug-likeness (QED) is 0.154. The van der Waals surface area contributed by atoms with Crippen LogP contribution in [0, 0.1) is 5.92 Å². The Kier molecular flexibility index (Phi) is 18.9. The molecule has 3 heteroatoms. The molecule has 0 spiro atoms. The molecule has 178 valence electrons. The summed E-state index contributed by atoms with van der Waals surface area (Å²) in [5.74, 6) is 0.766. The van der Waals surface area contributed by atoms with Crippen LogP contribution in [-0.2, 0) is 9.47 Å². The molecule has 0 aromatic heterocycles. The third kappa shape index (κ3) is 15.4. The van der Waals surface area contributed by atoms with Crippen molar-refractivity contribution in [1.29, 1.82) is 0 Å². The Balaban J connectivity index is 1.96. The zero-order valence-electron chi connectivity index (χ0n) is 20.6. The van der Waals surface area contributed by atoms with E-state index in [9.17, 15) is 0 Å². The van der Waals surface area contributed by atoms with E-state index in [0.29, 0.717) is 0 Å². The Morgan fingerprint density at radius 3 is 2.07 bits per heavy atom. The maximum atomic E-state index is 6.19. The van der Waals surface area contributed by atoms with E-state index in [-0.39, 0.29) is 12.2 Å². The van der Waals surface area contributed by atoms with Gasteiger partial charge in [0.1, 0.15) is 0 Å². The molecular weight excluding hydrogens is 370 g/mol. The molecule has 1 N–H and O–H groups in total. The lowest BCUT2D eigenvalue weighted by molar-refractivity contribution is -0.0500. The average Bonchev–Trinajstić information content (AvgIpc) is 3.19. The SMILES string of the molecule is CCC/C=C\CCCCC[C@@H](C)CCO[C@@H]1CNCC1OCCCCCCCCC. The van der Waals surface area contributed by atoms with Gasteiger partial charge in [-0.25, -0.2) is 0 Å². The second-order valence-corrected chi connectivity index (χ2v) is 9.39. The largest absolute Gasteiger partial charge is 0.374 e. The molecule has 0 aromatic carbocycles. The van der Waals surface area contributed by atoms with Crippen LogP contribution in [0.3, 0.4) is 0 Å². The predicted molar refractivity (Wildman–Crippen MR) is 131 cm³/mol. The second-order valence-electron chi connectivity index (χ2n) is 9.39. The Bertz CT molecular complexity index is 385. The van der Waals surface area contributed by atoms with Crippen LogP contribution >= 0.6 is 0 Å². The van der Waals surface area contributed by atoms with Gasteiger partial charge in [-0.05, 0) is 38.0 Å². The molecule has 0 amide bonds. The van der Waals surface area contributed by atoms with Crippen molar-refractivity contribution < 1.29 is 9.47 Å². The number of nitrogens with one attached hydrogen (secondary N) is 1. The summed E-state index contributed by atoms with van der Waals surface area (Å²) in [5.41, 5.74) is 0. The van der Waals surface area contributed by atoms with E-state index in [1.807, 2.05) is 0 Å². The Labute approximate surface area is 188 Å².